The maximum Gasteiger partial charge on any atom is 0.217 e. The van der Waals surface area contributed by atoms with Gasteiger partial charge in [0.2, 0.25) is 5.91 Å². The zero-order valence-corrected chi connectivity index (χ0v) is 10.1. The Hall–Kier alpha value is -0.990. The molecule has 2 saturated carbocycles. The lowest BCUT2D eigenvalue weighted by Crippen LogP contribution is -2.35. The molecule has 0 aromatic carbocycles. The van der Waals surface area contributed by atoms with Crippen molar-refractivity contribution in [1.82, 2.24) is 10.6 Å². The fourth-order valence-electron chi connectivity index (χ4n) is 2.46. The van der Waals surface area contributed by atoms with Crippen molar-refractivity contribution in [3.8, 4) is 0 Å². The van der Waals surface area contributed by atoms with Gasteiger partial charge in [-0.25, -0.2) is 0 Å². The average molecular weight is 222 g/mol. The van der Waals surface area contributed by atoms with Gasteiger partial charge in [-0.2, -0.15) is 0 Å². The molecule has 2 aliphatic carbocycles. The van der Waals surface area contributed by atoms with Crippen molar-refractivity contribution in [2.75, 3.05) is 6.54 Å². The summed E-state index contributed by atoms with van der Waals surface area (Å²) in [5.41, 5.74) is 2.83. The number of hydrogen-bond donors (Lipinski definition) is 2. The SMILES string of the molecule is CC(=O)NCC(NC1CCCC1)=C1CCC1. The van der Waals surface area contributed by atoms with Crippen molar-refractivity contribution in [3.05, 3.63) is 11.3 Å². The summed E-state index contributed by atoms with van der Waals surface area (Å²) in [7, 11) is 0. The first-order valence-corrected chi connectivity index (χ1v) is 6.47. The number of carbonyl (C=O) groups is 1. The van der Waals surface area contributed by atoms with Gasteiger partial charge in [-0.15, -0.1) is 0 Å². The first-order chi connectivity index (χ1) is 7.75. The molecule has 3 heteroatoms. The van der Waals surface area contributed by atoms with Crippen LogP contribution in [0, 0.1) is 0 Å². The second-order valence-electron chi connectivity index (χ2n) is 4.97. The lowest BCUT2D eigenvalue weighted by Gasteiger charge is -2.26. The molecule has 16 heavy (non-hydrogen) atoms. The summed E-state index contributed by atoms with van der Waals surface area (Å²) in [6.07, 6.45) is 9.02. The Labute approximate surface area is 97.7 Å². The molecule has 3 nitrogen and oxygen atoms in total. The molecule has 0 aromatic rings. The van der Waals surface area contributed by atoms with E-state index in [1.54, 1.807) is 6.92 Å². The summed E-state index contributed by atoms with van der Waals surface area (Å²) >= 11 is 0. The first-order valence-electron chi connectivity index (χ1n) is 6.47. The van der Waals surface area contributed by atoms with E-state index < -0.39 is 0 Å². The molecule has 1 amide bonds. The van der Waals surface area contributed by atoms with Gasteiger partial charge in [0.15, 0.2) is 0 Å². The molecule has 0 aliphatic heterocycles. The van der Waals surface area contributed by atoms with Crippen molar-refractivity contribution in [3.63, 3.8) is 0 Å². The van der Waals surface area contributed by atoms with E-state index in [2.05, 4.69) is 10.6 Å². The standard InChI is InChI=1S/C13H22N2O/c1-10(16)14-9-13(11-5-4-6-11)15-12-7-2-3-8-12/h12,15H,2-9H2,1H3,(H,14,16). The summed E-state index contributed by atoms with van der Waals surface area (Å²) < 4.78 is 0. The summed E-state index contributed by atoms with van der Waals surface area (Å²) in [6.45, 7) is 2.28. The highest BCUT2D eigenvalue weighted by atomic mass is 16.1. The Kier molecular flexibility index (Phi) is 3.86. The van der Waals surface area contributed by atoms with Gasteiger partial charge >= 0.3 is 0 Å². The van der Waals surface area contributed by atoms with Crippen LogP contribution in [-0.2, 0) is 4.79 Å². The zero-order chi connectivity index (χ0) is 11.4. The van der Waals surface area contributed by atoms with E-state index in [0.717, 1.165) is 0 Å². The number of hydrogen-bond acceptors (Lipinski definition) is 2. The van der Waals surface area contributed by atoms with Crippen molar-refractivity contribution in [1.29, 1.82) is 0 Å². The fourth-order valence-corrected chi connectivity index (χ4v) is 2.46. The van der Waals surface area contributed by atoms with Crippen LogP contribution in [0.1, 0.15) is 51.9 Å². The monoisotopic (exact) mass is 222 g/mol. The Morgan fingerprint density at radius 2 is 1.94 bits per heavy atom. The third kappa shape index (κ3) is 3.00. The maximum absolute atomic E-state index is 11.0. The second-order valence-corrected chi connectivity index (χ2v) is 4.97. The summed E-state index contributed by atoms with van der Waals surface area (Å²) in [6, 6.07) is 0.650. The highest BCUT2D eigenvalue weighted by molar-refractivity contribution is 5.73. The van der Waals surface area contributed by atoms with Crippen LogP contribution in [0.15, 0.2) is 11.3 Å². The van der Waals surface area contributed by atoms with Gasteiger partial charge in [-0.05, 0) is 37.7 Å². The molecule has 0 spiro atoms. The van der Waals surface area contributed by atoms with Crippen LogP contribution in [0.4, 0.5) is 0 Å². The van der Waals surface area contributed by atoms with Crippen molar-refractivity contribution < 1.29 is 4.79 Å². The predicted octanol–water partition coefficient (Wildman–Crippen LogP) is 2.09. The molecule has 2 rings (SSSR count). The number of carbonyl (C=O) groups excluding carboxylic acids is 1. The van der Waals surface area contributed by atoms with Crippen molar-refractivity contribution in [2.24, 2.45) is 0 Å². The Bertz CT molecular complexity index is 284. The number of rotatable bonds is 4. The van der Waals surface area contributed by atoms with Gasteiger partial charge in [0, 0.05) is 18.7 Å². The minimum absolute atomic E-state index is 0.0608. The van der Waals surface area contributed by atoms with E-state index >= 15 is 0 Å². The smallest absolute Gasteiger partial charge is 0.217 e. The van der Waals surface area contributed by atoms with Gasteiger partial charge in [-0.3, -0.25) is 4.79 Å². The molecule has 0 radical (unpaired) electrons. The molecule has 0 bridgehead atoms. The summed E-state index contributed by atoms with van der Waals surface area (Å²) in [4.78, 5) is 11.0. The largest absolute Gasteiger partial charge is 0.384 e. The van der Waals surface area contributed by atoms with Gasteiger partial charge < -0.3 is 10.6 Å². The van der Waals surface area contributed by atoms with Crippen LogP contribution in [-0.4, -0.2) is 18.5 Å². The zero-order valence-electron chi connectivity index (χ0n) is 10.1. The van der Waals surface area contributed by atoms with E-state index in [0.29, 0.717) is 12.6 Å². The minimum atomic E-state index is 0.0608. The first kappa shape index (κ1) is 11.5. The normalized spacial score (nSPS) is 20.4. The Morgan fingerprint density at radius 3 is 2.44 bits per heavy atom. The number of allylic oxidation sites excluding steroid dienone is 1. The van der Waals surface area contributed by atoms with Crippen molar-refractivity contribution >= 4 is 5.91 Å². The van der Waals surface area contributed by atoms with Gasteiger partial charge in [0.05, 0.1) is 6.54 Å². The molecular weight excluding hydrogens is 200 g/mol. The molecule has 2 fully saturated rings. The predicted molar refractivity (Wildman–Crippen MR) is 65.0 cm³/mol. The Balaban J connectivity index is 1.89. The van der Waals surface area contributed by atoms with E-state index in [-0.39, 0.29) is 5.91 Å². The average Bonchev–Trinajstić information content (AvgIpc) is 2.63. The lowest BCUT2D eigenvalue weighted by molar-refractivity contribution is -0.118. The third-order valence-corrected chi connectivity index (χ3v) is 3.63. The van der Waals surface area contributed by atoms with Crippen LogP contribution in [0.3, 0.4) is 0 Å². The molecule has 0 heterocycles. The molecule has 2 aliphatic rings. The minimum Gasteiger partial charge on any atom is -0.384 e. The van der Waals surface area contributed by atoms with Crippen LogP contribution in [0.5, 0.6) is 0 Å². The molecular formula is C13H22N2O. The molecule has 0 saturated heterocycles. The molecule has 0 atom stereocenters. The van der Waals surface area contributed by atoms with E-state index in [9.17, 15) is 4.79 Å². The number of nitrogens with one attached hydrogen (secondary N) is 2. The third-order valence-electron chi connectivity index (χ3n) is 3.63. The second kappa shape index (κ2) is 5.37. The highest BCUT2D eigenvalue weighted by Gasteiger charge is 2.20. The summed E-state index contributed by atoms with van der Waals surface area (Å²) in [5.74, 6) is 0.0608. The number of amides is 1. The van der Waals surface area contributed by atoms with E-state index in [1.165, 1.54) is 56.2 Å². The highest BCUT2D eigenvalue weighted by Crippen LogP contribution is 2.29. The summed E-state index contributed by atoms with van der Waals surface area (Å²) in [5, 5.41) is 6.55. The van der Waals surface area contributed by atoms with Crippen LogP contribution in [0.2, 0.25) is 0 Å². The molecule has 2 N–H and O–H groups in total. The molecule has 0 unspecified atom stereocenters. The van der Waals surface area contributed by atoms with Gasteiger partial charge in [-0.1, -0.05) is 12.8 Å². The quantitative estimate of drug-likeness (QED) is 0.764. The lowest BCUT2D eigenvalue weighted by atomic mass is 9.90. The topological polar surface area (TPSA) is 41.1 Å². The van der Waals surface area contributed by atoms with E-state index in [4.69, 9.17) is 0 Å². The van der Waals surface area contributed by atoms with Crippen LogP contribution < -0.4 is 10.6 Å². The van der Waals surface area contributed by atoms with Crippen LogP contribution >= 0.6 is 0 Å². The maximum atomic E-state index is 11.0. The Morgan fingerprint density at radius 1 is 1.25 bits per heavy atom. The molecule has 90 valence electrons. The van der Waals surface area contributed by atoms with Crippen molar-refractivity contribution in [2.45, 2.75) is 57.9 Å². The van der Waals surface area contributed by atoms with Gasteiger partial charge in [0.1, 0.15) is 0 Å². The van der Waals surface area contributed by atoms with Gasteiger partial charge in [0.25, 0.3) is 0 Å². The molecule has 0 aromatic heterocycles. The van der Waals surface area contributed by atoms with Crippen LogP contribution in [0.25, 0.3) is 0 Å². The van der Waals surface area contributed by atoms with E-state index in [1.807, 2.05) is 0 Å². The fraction of sp³-hybridized carbons (Fsp3) is 0.769.